The maximum absolute atomic E-state index is 12.4. The summed E-state index contributed by atoms with van der Waals surface area (Å²) in [5.74, 6) is 1.51. The van der Waals surface area contributed by atoms with E-state index in [-0.39, 0.29) is 11.9 Å². The van der Waals surface area contributed by atoms with Gasteiger partial charge in [0.15, 0.2) is 5.82 Å². The fourth-order valence-corrected chi connectivity index (χ4v) is 3.67. The summed E-state index contributed by atoms with van der Waals surface area (Å²) in [5, 5.41) is 4.00. The molecule has 7 heteroatoms. The smallest absolute Gasteiger partial charge is 0.221 e. The minimum absolute atomic E-state index is 0.0438. The Morgan fingerprint density at radius 2 is 1.97 bits per heavy atom. The number of methoxy groups -OCH3 is 1. The molecule has 0 saturated heterocycles. The number of nitrogens with one attached hydrogen (secondary N) is 1. The quantitative estimate of drug-likeness (QED) is 0.446. The highest BCUT2D eigenvalue weighted by atomic mass is 79.9. The van der Waals surface area contributed by atoms with Crippen molar-refractivity contribution in [3.05, 3.63) is 53.0 Å². The molecule has 0 radical (unpaired) electrons. The molecule has 0 aliphatic heterocycles. The Morgan fingerprint density at radius 1 is 1.16 bits per heavy atom. The normalized spacial score (nSPS) is 12.0. The van der Waals surface area contributed by atoms with Crippen LogP contribution in [0.5, 0.6) is 0 Å². The zero-order valence-electron chi connectivity index (χ0n) is 18.3. The number of aromatic nitrogens is 2. The van der Waals surface area contributed by atoms with Gasteiger partial charge in [0.05, 0.1) is 12.1 Å². The van der Waals surface area contributed by atoms with Gasteiger partial charge in [0.25, 0.3) is 0 Å². The van der Waals surface area contributed by atoms with Crippen LogP contribution in [0, 0.1) is 0 Å². The van der Waals surface area contributed by atoms with Crippen molar-refractivity contribution in [3.8, 4) is 11.4 Å². The molecule has 3 rings (SSSR count). The van der Waals surface area contributed by atoms with E-state index in [0.717, 1.165) is 33.2 Å². The molecular weight excluding hydrogens is 456 g/mol. The van der Waals surface area contributed by atoms with Crippen molar-refractivity contribution < 1.29 is 9.53 Å². The number of halogens is 1. The van der Waals surface area contributed by atoms with Gasteiger partial charge in [-0.3, -0.25) is 4.79 Å². The number of anilines is 1. The van der Waals surface area contributed by atoms with Crippen molar-refractivity contribution in [1.29, 1.82) is 0 Å². The summed E-state index contributed by atoms with van der Waals surface area (Å²) >= 11 is 3.53. The molecule has 0 saturated carbocycles. The summed E-state index contributed by atoms with van der Waals surface area (Å²) < 4.78 is 6.31. The number of rotatable bonds is 10. The Balaban J connectivity index is 1.97. The number of nitrogens with zero attached hydrogens (tertiary/aromatic N) is 3. The Labute approximate surface area is 192 Å². The van der Waals surface area contributed by atoms with Gasteiger partial charge in [-0.1, -0.05) is 47.1 Å². The lowest BCUT2D eigenvalue weighted by Crippen LogP contribution is -2.36. The third-order valence-electron chi connectivity index (χ3n) is 5.16. The van der Waals surface area contributed by atoms with Gasteiger partial charge >= 0.3 is 0 Å². The van der Waals surface area contributed by atoms with E-state index in [1.807, 2.05) is 55.5 Å². The molecule has 1 unspecified atom stereocenters. The van der Waals surface area contributed by atoms with E-state index >= 15 is 0 Å². The first kappa shape index (κ1) is 23.2. The van der Waals surface area contributed by atoms with E-state index in [1.54, 1.807) is 7.11 Å². The molecule has 1 amide bonds. The van der Waals surface area contributed by atoms with E-state index < -0.39 is 0 Å². The zero-order chi connectivity index (χ0) is 22.2. The van der Waals surface area contributed by atoms with Crippen molar-refractivity contribution in [3.63, 3.8) is 0 Å². The van der Waals surface area contributed by atoms with Crippen molar-refractivity contribution in [2.24, 2.45) is 0 Å². The maximum atomic E-state index is 12.4. The van der Waals surface area contributed by atoms with Crippen LogP contribution in [0.25, 0.3) is 22.3 Å². The fourth-order valence-electron chi connectivity index (χ4n) is 3.27. The summed E-state index contributed by atoms with van der Waals surface area (Å²) in [7, 11) is 1.68. The van der Waals surface area contributed by atoms with Crippen molar-refractivity contribution in [2.75, 3.05) is 31.7 Å². The fraction of sp³-hybridized carbons (Fsp3) is 0.375. The second-order valence-electron chi connectivity index (χ2n) is 7.50. The molecule has 6 nitrogen and oxygen atoms in total. The summed E-state index contributed by atoms with van der Waals surface area (Å²) in [6, 6.07) is 16.1. The van der Waals surface area contributed by atoms with Crippen LogP contribution in [0.4, 0.5) is 5.82 Å². The number of hydrogen-bond donors (Lipinski definition) is 1. The number of para-hydroxylation sites is 1. The second-order valence-corrected chi connectivity index (χ2v) is 8.42. The molecule has 1 aromatic heterocycles. The highest BCUT2D eigenvalue weighted by Gasteiger charge is 2.17. The van der Waals surface area contributed by atoms with Crippen LogP contribution in [-0.4, -0.2) is 48.7 Å². The van der Waals surface area contributed by atoms with Gasteiger partial charge in [-0.05, 0) is 37.6 Å². The third kappa shape index (κ3) is 6.24. The SMILES string of the molecule is CCC(C)NC(=O)CCN(CCOC)c1nc(-c2cccc(Br)c2)nc2ccccc12. The first-order valence-electron chi connectivity index (χ1n) is 10.6. The van der Waals surface area contributed by atoms with Crippen LogP contribution in [0.1, 0.15) is 26.7 Å². The summed E-state index contributed by atoms with van der Waals surface area (Å²) in [5.41, 5.74) is 1.80. The predicted octanol–water partition coefficient (Wildman–Crippen LogP) is 4.82. The van der Waals surface area contributed by atoms with Gasteiger partial charge < -0.3 is 15.0 Å². The summed E-state index contributed by atoms with van der Waals surface area (Å²) in [4.78, 5) is 24.2. The van der Waals surface area contributed by atoms with Gasteiger partial charge in [0, 0.05) is 48.1 Å². The minimum Gasteiger partial charge on any atom is -0.383 e. The molecule has 31 heavy (non-hydrogen) atoms. The van der Waals surface area contributed by atoms with Gasteiger partial charge in [0.1, 0.15) is 5.82 Å². The lowest BCUT2D eigenvalue weighted by atomic mass is 10.1. The maximum Gasteiger partial charge on any atom is 0.221 e. The number of fused-ring (bicyclic) bond motifs is 1. The Kier molecular flexibility index (Phi) is 8.37. The summed E-state index contributed by atoms with van der Waals surface area (Å²) in [6.45, 7) is 5.79. The van der Waals surface area contributed by atoms with Gasteiger partial charge in [-0.2, -0.15) is 0 Å². The van der Waals surface area contributed by atoms with E-state index in [9.17, 15) is 4.79 Å². The van der Waals surface area contributed by atoms with E-state index in [2.05, 4.69) is 33.1 Å². The molecule has 0 fully saturated rings. The predicted molar refractivity (Wildman–Crippen MR) is 129 cm³/mol. The van der Waals surface area contributed by atoms with Crippen LogP contribution in [0.3, 0.4) is 0 Å². The molecule has 0 spiro atoms. The number of amides is 1. The van der Waals surface area contributed by atoms with Crippen molar-refractivity contribution in [1.82, 2.24) is 15.3 Å². The van der Waals surface area contributed by atoms with Crippen LogP contribution < -0.4 is 10.2 Å². The molecular formula is C24H29BrN4O2. The van der Waals surface area contributed by atoms with E-state index in [4.69, 9.17) is 14.7 Å². The monoisotopic (exact) mass is 484 g/mol. The Hall–Kier alpha value is -2.51. The molecule has 0 aliphatic carbocycles. The van der Waals surface area contributed by atoms with Crippen molar-refractivity contribution >= 4 is 38.6 Å². The van der Waals surface area contributed by atoms with Gasteiger partial charge in [0.2, 0.25) is 5.91 Å². The molecule has 164 valence electrons. The molecule has 2 aromatic carbocycles. The molecule has 1 atom stereocenters. The zero-order valence-corrected chi connectivity index (χ0v) is 19.9. The van der Waals surface area contributed by atoms with Gasteiger partial charge in [-0.25, -0.2) is 9.97 Å². The molecule has 0 aliphatic rings. The number of carbonyl (C=O) groups excluding carboxylic acids is 1. The van der Waals surface area contributed by atoms with Crippen LogP contribution in [0.15, 0.2) is 53.0 Å². The summed E-state index contributed by atoms with van der Waals surface area (Å²) in [6.07, 6.45) is 1.30. The lowest BCUT2D eigenvalue weighted by Gasteiger charge is -2.25. The average molecular weight is 485 g/mol. The minimum atomic E-state index is 0.0438. The molecule has 3 aromatic rings. The Morgan fingerprint density at radius 3 is 2.71 bits per heavy atom. The first-order chi connectivity index (χ1) is 15.0. The largest absolute Gasteiger partial charge is 0.383 e. The third-order valence-corrected chi connectivity index (χ3v) is 5.65. The van der Waals surface area contributed by atoms with E-state index in [1.165, 1.54) is 0 Å². The van der Waals surface area contributed by atoms with Crippen LogP contribution >= 0.6 is 15.9 Å². The Bertz CT molecular complexity index is 1030. The topological polar surface area (TPSA) is 67.4 Å². The second kappa shape index (κ2) is 11.2. The van der Waals surface area contributed by atoms with E-state index in [0.29, 0.717) is 31.9 Å². The highest BCUT2D eigenvalue weighted by molar-refractivity contribution is 9.10. The number of hydrogen-bond acceptors (Lipinski definition) is 5. The van der Waals surface area contributed by atoms with Crippen molar-refractivity contribution in [2.45, 2.75) is 32.7 Å². The number of carbonyl (C=O) groups is 1. The average Bonchev–Trinajstić information content (AvgIpc) is 2.78. The standard InChI is InChI=1S/C24H29BrN4O2/c1-4-17(2)26-22(30)12-13-29(14-15-31-3)24-20-10-5-6-11-21(20)27-23(28-24)18-8-7-9-19(25)16-18/h5-11,16-17H,4,12-15H2,1-3H3,(H,26,30). The number of benzene rings is 2. The molecule has 1 heterocycles. The van der Waals surface area contributed by atoms with Gasteiger partial charge in [-0.15, -0.1) is 0 Å². The molecule has 0 bridgehead atoms. The molecule has 1 N–H and O–H groups in total. The van der Waals surface area contributed by atoms with Crippen LogP contribution in [0.2, 0.25) is 0 Å². The number of ether oxygens (including phenoxy) is 1. The first-order valence-corrected chi connectivity index (χ1v) is 11.4. The highest BCUT2D eigenvalue weighted by Crippen LogP contribution is 2.28. The van der Waals surface area contributed by atoms with Crippen LogP contribution in [-0.2, 0) is 9.53 Å². The lowest BCUT2D eigenvalue weighted by molar-refractivity contribution is -0.121.